The molecule has 0 saturated carbocycles. The molecular formula is C77H141NO8P+. The van der Waals surface area contributed by atoms with E-state index in [2.05, 4.69) is 98.9 Å². The number of unbranched alkanes of at least 4 members (excludes halogenated alkanes) is 40. The van der Waals surface area contributed by atoms with E-state index < -0.39 is 26.5 Å². The van der Waals surface area contributed by atoms with E-state index in [1.54, 1.807) is 0 Å². The van der Waals surface area contributed by atoms with Crippen molar-refractivity contribution in [3.05, 3.63) is 85.1 Å². The summed E-state index contributed by atoms with van der Waals surface area (Å²) >= 11 is 0. The van der Waals surface area contributed by atoms with Gasteiger partial charge in [0.1, 0.15) is 19.8 Å². The third-order valence-corrected chi connectivity index (χ3v) is 17.2. The van der Waals surface area contributed by atoms with E-state index in [-0.39, 0.29) is 25.6 Å². The summed E-state index contributed by atoms with van der Waals surface area (Å²) in [6.45, 7) is 4.38. The van der Waals surface area contributed by atoms with Gasteiger partial charge in [-0.05, 0) is 70.6 Å². The Kier molecular flexibility index (Phi) is 65.4. The molecule has 506 valence electrons. The maximum atomic E-state index is 12.9. The fourth-order valence-corrected chi connectivity index (χ4v) is 11.3. The summed E-state index contributed by atoms with van der Waals surface area (Å²) in [6, 6.07) is 0. The minimum atomic E-state index is -4.39. The maximum absolute atomic E-state index is 12.9. The lowest BCUT2D eigenvalue weighted by molar-refractivity contribution is -0.870. The van der Waals surface area contributed by atoms with Gasteiger partial charge in [-0.1, -0.05) is 343 Å². The summed E-state index contributed by atoms with van der Waals surface area (Å²) < 4.78 is 34.8. The van der Waals surface area contributed by atoms with Gasteiger partial charge in [0.2, 0.25) is 0 Å². The molecule has 0 amide bonds. The molecule has 0 bridgehead atoms. The highest BCUT2D eigenvalue weighted by atomic mass is 31.2. The van der Waals surface area contributed by atoms with Gasteiger partial charge in [0.25, 0.3) is 0 Å². The first-order valence-corrected chi connectivity index (χ1v) is 38.3. The van der Waals surface area contributed by atoms with Crippen LogP contribution in [-0.4, -0.2) is 74.9 Å². The number of carbonyl (C=O) groups is 2. The predicted octanol–water partition coefficient (Wildman–Crippen LogP) is 24.1. The number of ether oxygens (including phenoxy) is 2. The van der Waals surface area contributed by atoms with Crippen LogP contribution in [0.2, 0.25) is 0 Å². The third-order valence-electron chi connectivity index (χ3n) is 16.2. The first-order chi connectivity index (χ1) is 42.5. The van der Waals surface area contributed by atoms with Crippen molar-refractivity contribution in [1.82, 2.24) is 0 Å². The summed E-state index contributed by atoms with van der Waals surface area (Å²) in [5.74, 6) is -0.779. The van der Waals surface area contributed by atoms with Gasteiger partial charge in [-0.2, -0.15) is 0 Å². The first kappa shape index (κ1) is 84.2. The number of esters is 2. The quantitative estimate of drug-likeness (QED) is 0.0211. The summed E-state index contributed by atoms with van der Waals surface area (Å²) in [6.07, 6.45) is 92.7. The highest BCUT2D eigenvalue weighted by Crippen LogP contribution is 2.43. The number of likely N-dealkylation sites (N-methyl/N-ethyl adjacent to an activating group) is 1. The van der Waals surface area contributed by atoms with E-state index in [0.29, 0.717) is 23.9 Å². The summed E-state index contributed by atoms with van der Waals surface area (Å²) in [5.41, 5.74) is 0. The number of carbonyl (C=O) groups excluding carboxylic acids is 2. The molecule has 0 saturated heterocycles. The topological polar surface area (TPSA) is 108 Å². The minimum Gasteiger partial charge on any atom is -0.462 e. The Balaban J connectivity index is 3.95. The van der Waals surface area contributed by atoms with Gasteiger partial charge in [-0.25, -0.2) is 4.57 Å². The lowest BCUT2D eigenvalue weighted by Gasteiger charge is -2.24. The van der Waals surface area contributed by atoms with Crippen molar-refractivity contribution in [1.29, 1.82) is 0 Å². The van der Waals surface area contributed by atoms with Crippen LogP contribution < -0.4 is 0 Å². The van der Waals surface area contributed by atoms with Gasteiger partial charge < -0.3 is 18.9 Å². The van der Waals surface area contributed by atoms with Crippen molar-refractivity contribution in [3.63, 3.8) is 0 Å². The average Bonchev–Trinajstić information content (AvgIpc) is 3.50. The van der Waals surface area contributed by atoms with Crippen LogP contribution in [0.25, 0.3) is 0 Å². The number of rotatable bonds is 68. The molecule has 0 aliphatic carbocycles. The lowest BCUT2D eigenvalue weighted by atomic mass is 10.0. The van der Waals surface area contributed by atoms with Gasteiger partial charge in [-0.3, -0.25) is 18.6 Å². The molecule has 2 unspecified atom stereocenters. The van der Waals surface area contributed by atoms with Gasteiger partial charge in [0.15, 0.2) is 6.10 Å². The predicted molar refractivity (Wildman–Crippen MR) is 376 cm³/mol. The van der Waals surface area contributed by atoms with E-state index in [1.807, 2.05) is 21.1 Å². The van der Waals surface area contributed by atoms with Crippen LogP contribution in [0.3, 0.4) is 0 Å². The van der Waals surface area contributed by atoms with Gasteiger partial charge in [0.05, 0.1) is 27.7 Å². The second kappa shape index (κ2) is 67.6. The Bertz CT molecular complexity index is 1740. The molecule has 0 aromatic rings. The second-order valence-electron chi connectivity index (χ2n) is 26.0. The molecule has 0 radical (unpaired) electrons. The molecule has 10 heteroatoms. The SMILES string of the molecule is CC/C=C\C/C=C\C/C=C\C/C=C\C/C=C\C/C=C\C/C=C\CCCCCCCCCCCCCCCCCCCCCC(=O)OC(COC(=O)CCCCCCCCCCCCCCCCCCCCCCCC)COP(=O)(O)OCC[N+](C)(C)C. The van der Waals surface area contributed by atoms with Crippen LogP contribution in [0.5, 0.6) is 0 Å². The normalized spacial score (nSPS) is 13.6. The number of quaternary nitrogens is 1. The number of nitrogens with zero attached hydrogens (tertiary/aromatic N) is 1. The Morgan fingerprint density at radius 2 is 0.655 bits per heavy atom. The van der Waals surface area contributed by atoms with E-state index in [1.165, 1.54) is 231 Å². The highest BCUT2D eigenvalue weighted by molar-refractivity contribution is 7.47. The summed E-state index contributed by atoms with van der Waals surface area (Å²) in [4.78, 5) is 35.9. The zero-order valence-electron chi connectivity index (χ0n) is 57.8. The summed E-state index contributed by atoms with van der Waals surface area (Å²) in [7, 11) is 1.49. The van der Waals surface area contributed by atoms with Crippen molar-refractivity contribution >= 4 is 19.8 Å². The molecule has 0 aliphatic rings. The number of hydrogen-bond acceptors (Lipinski definition) is 7. The lowest BCUT2D eigenvalue weighted by Crippen LogP contribution is -2.37. The molecule has 0 aromatic carbocycles. The van der Waals surface area contributed by atoms with E-state index in [0.717, 1.165) is 77.0 Å². The molecule has 0 fully saturated rings. The average molecular weight is 1240 g/mol. The second-order valence-corrected chi connectivity index (χ2v) is 27.4. The van der Waals surface area contributed by atoms with Crippen molar-refractivity contribution < 1.29 is 42.1 Å². The number of phosphoric acid groups is 1. The smallest absolute Gasteiger partial charge is 0.462 e. The number of phosphoric ester groups is 1. The number of allylic oxidation sites excluding steroid dienone is 14. The molecule has 0 aliphatic heterocycles. The molecule has 0 spiro atoms. The Labute approximate surface area is 539 Å². The van der Waals surface area contributed by atoms with Gasteiger partial charge >= 0.3 is 19.8 Å². The van der Waals surface area contributed by atoms with Crippen molar-refractivity contribution in [2.45, 2.75) is 347 Å². The Morgan fingerprint density at radius 3 is 0.977 bits per heavy atom. The Hall–Kier alpha value is -2.81. The molecule has 2 atom stereocenters. The fraction of sp³-hybridized carbons (Fsp3) is 0.792. The Morgan fingerprint density at radius 1 is 0.368 bits per heavy atom. The van der Waals surface area contributed by atoms with Crippen molar-refractivity contribution in [2.24, 2.45) is 0 Å². The van der Waals surface area contributed by atoms with Crippen LogP contribution in [0.15, 0.2) is 85.1 Å². The largest absolute Gasteiger partial charge is 0.472 e. The van der Waals surface area contributed by atoms with E-state index in [9.17, 15) is 19.0 Å². The van der Waals surface area contributed by atoms with E-state index >= 15 is 0 Å². The zero-order valence-corrected chi connectivity index (χ0v) is 58.6. The maximum Gasteiger partial charge on any atom is 0.472 e. The standard InChI is InChI=1S/C77H140NO8P/c1-6-8-10-12-14-16-18-20-22-24-26-28-30-31-32-33-34-35-36-37-38-39-40-41-42-43-44-45-46-47-48-50-52-54-56-58-60-62-64-66-68-70-77(80)86-75(74-85-87(81,82)84-72-71-78(3,4)5)73-83-76(79)69-67-65-63-61-59-57-55-53-51-49-29-27-25-23-21-19-17-15-13-11-9-7-2/h8,10,14,16,20,22,26,28,31-32,34-35,37-38,75H,6-7,9,11-13,15,17-19,21,23-25,27,29-30,33,36,39-74H2,1-5H3/p+1/b10-8-,16-14-,22-20-,28-26-,32-31-,35-34-,38-37-. The number of hydrogen-bond donors (Lipinski definition) is 1. The third kappa shape index (κ3) is 72.1. The van der Waals surface area contributed by atoms with Crippen molar-refractivity contribution in [2.75, 3.05) is 47.5 Å². The molecule has 1 N–H and O–H groups in total. The molecule has 0 rings (SSSR count). The summed E-state index contributed by atoms with van der Waals surface area (Å²) in [5, 5.41) is 0. The highest BCUT2D eigenvalue weighted by Gasteiger charge is 2.27. The monoisotopic (exact) mass is 1240 g/mol. The molecule has 0 heterocycles. The van der Waals surface area contributed by atoms with Crippen LogP contribution in [0.4, 0.5) is 0 Å². The first-order valence-electron chi connectivity index (χ1n) is 36.8. The van der Waals surface area contributed by atoms with Gasteiger partial charge in [0, 0.05) is 12.8 Å². The van der Waals surface area contributed by atoms with Crippen LogP contribution in [-0.2, 0) is 32.7 Å². The minimum absolute atomic E-state index is 0.0329. The zero-order chi connectivity index (χ0) is 63.4. The molecular weight excluding hydrogens is 1100 g/mol. The van der Waals surface area contributed by atoms with Crippen molar-refractivity contribution in [3.8, 4) is 0 Å². The molecule has 0 aromatic heterocycles. The van der Waals surface area contributed by atoms with Crippen LogP contribution in [0.1, 0.15) is 341 Å². The van der Waals surface area contributed by atoms with Gasteiger partial charge in [-0.15, -0.1) is 0 Å². The molecule has 87 heavy (non-hydrogen) atoms. The van der Waals surface area contributed by atoms with E-state index in [4.69, 9.17) is 18.5 Å². The van der Waals surface area contributed by atoms with Crippen LogP contribution >= 0.6 is 7.82 Å². The van der Waals surface area contributed by atoms with Crippen LogP contribution in [0, 0.1) is 0 Å². The fourth-order valence-electron chi connectivity index (χ4n) is 10.6. The molecule has 9 nitrogen and oxygen atoms in total.